The second-order valence-electron chi connectivity index (χ2n) is 4.37. The number of phenols is 1. The fraction of sp³-hybridized carbons (Fsp3) is 0.400. The molecule has 1 rings (SSSR count). The van der Waals surface area contributed by atoms with Gasteiger partial charge >= 0.3 is 5.97 Å². The number of aromatic hydroxyl groups is 1. The van der Waals surface area contributed by atoms with Crippen LogP contribution in [0.5, 0.6) is 5.75 Å². The highest BCUT2D eigenvalue weighted by atomic mass is 16.4. The Hall–Kier alpha value is -1.77. The summed E-state index contributed by atoms with van der Waals surface area (Å²) in [5.74, 6) is -0.729. The summed E-state index contributed by atoms with van der Waals surface area (Å²) in [5, 5.41) is 18.1. The molecule has 1 aromatic rings. The first-order valence-corrected chi connectivity index (χ1v) is 6.36. The first kappa shape index (κ1) is 14.3. The van der Waals surface area contributed by atoms with Gasteiger partial charge in [-0.25, -0.2) is 4.79 Å². The van der Waals surface area contributed by atoms with Crippen molar-refractivity contribution in [3.05, 3.63) is 35.4 Å². The molecular weight excluding hydrogens is 228 g/mol. The second kappa shape index (κ2) is 7.54. The molecule has 98 valence electrons. The lowest BCUT2D eigenvalue weighted by atomic mass is 10.00. The standard InChI is InChI=1S/C15H20O3/c1-2-3-4-5-6-13-11-14(16)9-7-12(13)8-10-15(17)18/h7-11,16H,2-6H2,1H3,(H,17,18)/b10-8+. The van der Waals surface area contributed by atoms with E-state index in [0.29, 0.717) is 0 Å². The first-order valence-electron chi connectivity index (χ1n) is 6.36. The average molecular weight is 248 g/mol. The zero-order chi connectivity index (χ0) is 13.4. The largest absolute Gasteiger partial charge is 0.508 e. The van der Waals surface area contributed by atoms with Gasteiger partial charge in [0.25, 0.3) is 0 Å². The van der Waals surface area contributed by atoms with Crippen molar-refractivity contribution in [1.82, 2.24) is 0 Å². The number of benzene rings is 1. The molecule has 0 saturated heterocycles. The van der Waals surface area contributed by atoms with E-state index in [-0.39, 0.29) is 5.75 Å². The smallest absolute Gasteiger partial charge is 0.328 e. The number of aliphatic carboxylic acids is 1. The number of unbranched alkanes of at least 4 members (excludes halogenated alkanes) is 3. The van der Waals surface area contributed by atoms with Gasteiger partial charge in [-0.3, -0.25) is 0 Å². The normalized spacial score (nSPS) is 10.9. The van der Waals surface area contributed by atoms with E-state index < -0.39 is 5.97 Å². The van der Waals surface area contributed by atoms with Crippen molar-refractivity contribution in [3.63, 3.8) is 0 Å². The second-order valence-corrected chi connectivity index (χ2v) is 4.37. The van der Waals surface area contributed by atoms with E-state index in [2.05, 4.69) is 6.92 Å². The minimum Gasteiger partial charge on any atom is -0.508 e. The molecule has 0 aliphatic rings. The predicted octanol–water partition coefficient (Wildman–Crippen LogP) is 3.61. The third-order valence-corrected chi connectivity index (χ3v) is 2.83. The highest BCUT2D eigenvalue weighted by Gasteiger charge is 2.02. The molecule has 0 saturated carbocycles. The van der Waals surface area contributed by atoms with Crippen molar-refractivity contribution in [1.29, 1.82) is 0 Å². The van der Waals surface area contributed by atoms with Gasteiger partial charge in [-0.05, 0) is 42.2 Å². The number of aryl methyl sites for hydroxylation is 1. The molecule has 0 spiro atoms. The zero-order valence-electron chi connectivity index (χ0n) is 10.7. The van der Waals surface area contributed by atoms with Gasteiger partial charge in [-0.1, -0.05) is 32.3 Å². The summed E-state index contributed by atoms with van der Waals surface area (Å²) in [6, 6.07) is 5.05. The summed E-state index contributed by atoms with van der Waals surface area (Å²) in [5.41, 5.74) is 1.87. The molecule has 0 aromatic heterocycles. The quantitative estimate of drug-likeness (QED) is 0.572. The lowest BCUT2D eigenvalue weighted by Crippen LogP contribution is -1.92. The van der Waals surface area contributed by atoms with Crippen molar-refractivity contribution in [2.24, 2.45) is 0 Å². The molecule has 0 radical (unpaired) electrons. The SMILES string of the molecule is CCCCCCc1cc(O)ccc1/C=C/C(=O)O. The van der Waals surface area contributed by atoms with Crippen molar-refractivity contribution in [2.45, 2.75) is 39.0 Å². The minimum absolute atomic E-state index is 0.230. The maximum atomic E-state index is 10.5. The van der Waals surface area contributed by atoms with Gasteiger partial charge < -0.3 is 10.2 Å². The molecule has 0 atom stereocenters. The van der Waals surface area contributed by atoms with Gasteiger partial charge in [-0.2, -0.15) is 0 Å². The van der Waals surface area contributed by atoms with Crippen LogP contribution in [0, 0.1) is 0 Å². The third-order valence-electron chi connectivity index (χ3n) is 2.83. The van der Waals surface area contributed by atoms with Crippen LogP contribution in [-0.4, -0.2) is 16.2 Å². The van der Waals surface area contributed by atoms with Crippen molar-refractivity contribution in [3.8, 4) is 5.75 Å². The van der Waals surface area contributed by atoms with Crippen LogP contribution in [0.3, 0.4) is 0 Å². The Morgan fingerprint density at radius 3 is 2.72 bits per heavy atom. The molecule has 18 heavy (non-hydrogen) atoms. The van der Waals surface area contributed by atoms with Crippen LogP contribution in [0.25, 0.3) is 6.08 Å². The molecular formula is C15H20O3. The van der Waals surface area contributed by atoms with Crippen LogP contribution in [0.1, 0.15) is 43.7 Å². The first-order chi connectivity index (χ1) is 8.63. The van der Waals surface area contributed by atoms with E-state index in [4.69, 9.17) is 5.11 Å². The highest BCUT2D eigenvalue weighted by Crippen LogP contribution is 2.20. The van der Waals surface area contributed by atoms with Gasteiger partial charge in [0.2, 0.25) is 0 Å². The Kier molecular flexibility index (Phi) is 5.98. The molecule has 1 aromatic carbocycles. The van der Waals surface area contributed by atoms with E-state index in [1.54, 1.807) is 24.3 Å². The molecule has 0 aliphatic heterocycles. The molecule has 0 aliphatic carbocycles. The fourth-order valence-corrected chi connectivity index (χ4v) is 1.87. The summed E-state index contributed by atoms with van der Waals surface area (Å²) in [6.45, 7) is 2.16. The molecule has 0 fully saturated rings. The number of hydrogen-bond donors (Lipinski definition) is 2. The Morgan fingerprint density at radius 2 is 2.06 bits per heavy atom. The van der Waals surface area contributed by atoms with Crippen molar-refractivity contribution < 1.29 is 15.0 Å². The van der Waals surface area contributed by atoms with Crippen LogP contribution in [0.15, 0.2) is 24.3 Å². The summed E-state index contributed by atoms with van der Waals surface area (Å²) in [6.07, 6.45) is 8.19. The molecule has 0 unspecified atom stereocenters. The van der Waals surface area contributed by atoms with Crippen molar-refractivity contribution >= 4 is 12.0 Å². The lowest BCUT2D eigenvalue weighted by Gasteiger charge is -2.06. The number of carbonyl (C=O) groups is 1. The molecule has 0 bridgehead atoms. The average Bonchev–Trinajstić information content (AvgIpc) is 2.33. The van der Waals surface area contributed by atoms with Gasteiger partial charge in [0.05, 0.1) is 0 Å². The number of rotatable bonds is 7. The van der Waals surface area contributed by atoms with Crippen LogP contribution < -0.4 is 0 Å². The monoisotopic (exact) mass is 248 g/mol. The van der Waals surface area contributed by atoms with E-state index in [0.717, 1.165) is 36.5 Å². The Labute approximate surface area is 108 Å². The maximum absolute atomic E-state index is 10.5. The Bertz CT molecular complexity index is 422. The summed E-state index contributed by atoms with van der Waals surface area (Å²) >= 11 is 0. The zero-order valence-corrected chi connectivity index (χ0v) is 10.7. The maximum Gasteiger partial charge on any atom is 0.328 e. The Balaban J connectivity index is 2.73. The van der Waals surface area contributed by atoms with E-state index in [1.807, 2.05) is 0 Å². The third kappa shape index (κ3) is 5.04. The minimum atomic E-state index is -0.958. The van der Waals surface area contributed by atoms with Crippen LogP contribution in [0.4, 0.5) is 0 Å². The molecule has 2 N–H and O–H groups in total. The molecule has 0 amide bonds. The van der Waals surface area contributed by atoms with E-state index in [9.17, 15) is 9.90 Å². The summed E-state index contributed by atoms with van der Waals surface area (Å²) in [4.78, 5) is 10.5. The predicted molar refractivity (Wildman–Crippen MR) is 72.6 cm³/mol. The fourth-order valence-electron chi connectivity index (χ4n) is 1.87. The van der Waals surface area contributed by atoms with Gasteiger partial charge in [0.15, 0.2) is 0 Å². The molecule has 3 nitrogen and oxygen atoms in total. The number of carboxylic acids is 1. The van der Waals surface area contributed by atoms with Gasteiger partial charge in [0.1, 0.15) is 5.75 Å². The van der Waals surface area contributed by atoms with E-state index >= 15 is 0 Å². The topological polar surface area (TPSA) is 57.5 Å². The summed E-state index contributed by atoms with van der Waals surface area (Å²) in [7, 11) is 0. The summed E-state index contributed by atoms with van der Waals surface area (Å²) < 4.78 is 0. The highest BCUT2D eigenvalue weighted by molar-refractivity contribution is 5.85. The Morgan fingerprint density at radius 1 is 1.28 bits per heavy atom. The number of hydrogen-bond acceptors (Lipinski definition) is 2. The van der Waals surface area contributed by atoms with Gasteiger partial charge in [0, 0.05) is 6.08 Å². The van der Waals surface area contributed by atoms with E-state index in [1.165, 1.54) is 12.8 Å². The van der Waals surface area contributed by atoms with Crippen LogP contribution >= 0.6 is 0 Å². The van der Waals surface area contributed by atoms with Gasteiger partial charge in [-0.15, -0.1) is 0 Å². The lowest BCUT2D eigenvalue weighted by molar-refractivity contribution is -0.131. The number of carboxylic acid groups (broad SMARTS) is 1. The van der Waals surface area contributed by atoms with Crippen LogP contribution in [0.2, 0.25) is 0 Å². The molecule has 0 heterocycles. The molecule has 3 heteroatoms. The van der Waals surface area contributed by atoms with Crippen LogP contribution in [-0.2, 0) is 11.2 Å². The van der Waals surface area contributed by atoms with Crippen molar-refractivity contribution in [2.75, 3.05) is 0 Å². The number of phenolic OH excluding ortho intramolecular Hbond substituents is 1.